The van der Waals surface area contributed by atoms with Gasteiger partial charge in [-0.25, -0.2) is 9.98 Å². The molecule has 1 aromatic heterocycles. The molecule has 4 N–H and O–H groups in total. The molecule has 2 aliphatic rings. The first kappa shape index (κ1) is 17.7. The van der Waals surface area contributed by atoms with E-state index in [1.165, 1.54) is 6.42 Å². The molecule has 1 aliphatic heterocycles. The van der Waals surface area contributed by atoms with E-state index in [9.17, 15) is 0 Å². The SMILES string of the molecule is Cc1cc(-c2nc3ccccc3o2)ccc1N1C(N)=NC(N)=NC12CCCCC2. The van der Waals surface area contributed by atoms with Crippen LogP contribution in [0.4, 0.5) is 5.69 Å². The highest BCUT2D eigenvalue weighted by Gasteiger charge is 2.43. The summed E-state index contributed by atoms with van der Waals surface area (Å²) in [6, 6.07) is 13.9. The first-order chi connectivity index (χ1) is 14.1. The molecular weight excluding hydrogens is 364 g/mol. The minimum atomic E-state index is -0.446. The lowest BCUT2D eigenvalue weighted by Crippen LogP contribution is -2.58. The Morgan fingerprint density at radius 1 is 1.03 bits per heavy atom. The monoisotopic (exact) mass is 388 g/mol. The highest BCUT2D eigenvalue weighted by Crippen LogP contribution is 2.41. The second kappa shape index (κ2) is 6.62. The Balaban J connectivity index is 1.56. The van der Waals surface area contributed by atoms with Crippen molar-refractivity contribution in [2.75, 3.05) is 4.90 Å². The smallest absolute Gasteiger partial charge is 0.227 e. The fourth-order valence-corrected chi connectivity index (χ4v) is 4.50. The first-order valence-electron chi connectivity index (χ1n) is 10.0. The lowest BCUT2D eigenvalue weighted by atomic mass is 9.87. The van der Waals surface area contributed by atoms with Gasteiger partial charge in [0.1, 0.15) is 11.2 Å². The van der Waals surface area contributed by atoms with Crippen LogP contribution in [0.1, 0.15) is 37.7 Å². The van der Waals surface area contributed by atoms with Gasteiger partial charge >= 0.3 is 0 Å². The van der Waals surface area contributed by atoms with E-state index in [1.807, 2.05) is 30.3 Å². The summed E-state index contributed by atoms with van der Waals surface area (Å²) in [6.45, 7) is 2.06. The largest absolute Gasteiger partial charge is 0.436 e. The number of anilines is 1. The highest BCUT2D eigenvalue weighted by molar-refractivity contribution is 6.06. The van der Waals surface area contributed by atoms with Crippen LogP contribution < -0.4 is 16.4 Å². The number of aryl methyl sites for hydroxylation is 1. The Bertz CT molecular complexity index is 1110. The highest BCUT2D eigenvalue weighted by atomic mass is 16.3. The fraction of sp³-hybridized carbons (Fsp3) is 0.318. The van der Waals surface area contributed by atoms with Gasteiger partial charge in [-0.05, 0) is 68.5 Å². The molecule has 7 heteroatoms. The summed E-state index contributed by atoms with van der Waals surface area (Å²) in [5, 5.41) is 0. The Labute approximate surface area is 169 Å². The fourth-order valence-electron chi connectivity index (χ4n) is 4.50. The molecule has 5 rings (SSSR count). The summed E-state index contributed by atoms with van der Waals surface area (Å²) in [7, 11) is 0. The average Bonchev–Trinajstić information content (AvgIpc) is 3.13. The molecular formula is C22H24N6O. The van der Waals surface area contributed by atoms with Crippen LogP contribution in [0.2, 0.25) is 0 Å². The molecule has 2 heterocycles. The molecule has 3 aromatic rings. The summed E-state index contributed by atoms with van der Waals surface area (Å²) >= 11 is 0. The molecule has 0 bridgehead atoms. The molecule has 0 radical (unpaired) electrons. The van der Waals surface area contributed by atoms with Crippen molar-refractivity contribution in [1.82, 2.24) is 4.98 Å². The van der Waals surface area contributed by atoms with Gasteiger partial charge in [0.2, 0.25) is 17.8 Å². The van der Waals surface area contributed by atoms with E-state index in [1.54, 1.807) is 0 Å². The molecule has 0 unspecified atom stereocenters. The maximum absolute atomic E-state index is 6.36. The van der Waals surface area contributed by atoms with Gasteiger partial charge in [-0.2, -0.15) is 4.99 Å². The zero-order chi connectivity index (χ0) is 20.0. The van der Waals surface area contributed by atoms with Crippen molar-refractivity contribution in [3.8, 4) is 11.5 Å². The summed E-state index contributed by atoms with van der Waals surface area (Å²) < 4.78 is 5.93. The zero-order valence-corrected chi connectivity index (χ0v) is 16.4. The lowest BCUT2D eigenvalue weighted by molar-refractivity contribution is 0.305. The number of aliphatic imine (C=N–C) groups is 2. The molecule has 1 fully saturated rings. The Morgan fingerprint density at radius 2 is 1.83 bits per heavy atom. The predicted molar refractivity (Wildman–Crippen MR) is 116 cm³/mol. The topological polar surface area (TPSA) is 106 Å². The van der Waals surface area contributed by atoms with Crippen LogP contribution in [0.15, 0.2) is 56.9 Å². The van der Waals surface area contributed by atoms with Crippen molar-refractivity contribution in [2.24, 2.45) is 21.5 Å². The molecule has 0 amide bonds. The average molecular weight is 388 g/mol. The third kappa shape index (κ3) is 2.93. The standard InChI is InChI=1S/C22H24N6O/c1-14-13-15(19-25-16-7-3-4-8-18(16)29-19)9-10-17(14)28-21(24)26-20(23)27-22(28)11-5-2-6-12-22/h3-4,7-10,13H,2,5-6,11-12H2,1H3,(H4,23,24,26,27). The number of oxazole rings is 1. The molecule has 0 saturated heterocycles. The number of hydrogen-bond donors (Lipinski definition) is 2. The van der Waals surface area contributed by atoms with Crippen LogP contribution in [0.25, 0.3) is 22.6 Å². The van der Waals surface area contributed by atoms with E-state index in [-0.39, 0.29) is 5.96 Å². The number of para-hydroxylation sites is 2. The number of fused-ring (bicyclic) bond motifs is 1. The number of benzene rings is 2. The molecule has 7 nitrogen and oxygen atoms in total. The maximum Gasteiger partial charge on any atom is 0.227 e. The van der Waals surface area contributed by atoms with E-state index in [4.69, 9.17) is 20.9 Å². The number of hydrogen-bond acceptors (Lipinski definition) is 7. The zero-order valence-electron chi connectivity index (χ0n) is 16.4. The van der Waals surface area contributed by atoms with Crippen molar-refractivity contribution in [3.63, 3.8) is 0 Å². The predicted octanol–water partition coefficient (Wildman–Crippen LogP) is 3.91. The normalized spacial score (nSPS) is 18.7. The van der Waals surface area contributed by atoms with Gasteiger partial charge in [-0.1, -0.05) is 18.6 Å². The Kier molecular flexibility index (Phi) is 4.04. The van der Waals surface area contributed by atoms with Gasteiger partial charge in [0, 0.05) is 11.3 Å². The van der Waals surface area contributed by atoms with Crippen molar-refractivity contribution < 1.29 is 4.42 Å². The molecule has 148 valence electrons. The van der Waals surface area contributed by atoms with Crippen molar-refractivity contribution >= 4 is 28.7 Å². The van der Waals surface area contributed by atoms with Gasteiger partial charge in [-0.3, -0.25) is 4.90 Å². The van der Waals surface area contributed by atoms with E-state index in [0.717, 1.165) is 53.6 Å². The van der Waals surface area contributed by atoms with Gasteiger partial charge in [0.15, 0.2) is 5.58 Å². The second-order valence-corrected chi connectivity index (χ2v) is 7.81. The lowest BCUT2D eigenvalue weighted by Gasteiger charge is -2.46. The summed E-state index contributed by atoms with van der Waals surface area (Å²) in [5.74, 6) is 1.27. The van der Waals surface area contributed by atoms with Gasteiger partial charge < -0.3 is 15.9 Å². The maximum atomic E-state index is 6.36. The molecule has 1 spiro atoms. The Hall–Kier alpha value is -3.35. The van der Waals surface area contributed by atoms with Crippen molar-refractivity contribution in [2.45, 2.75) is 44.7 Å². The Morgan fingerprint density at radius 3 is 2.59 bits per heavy atom. The van der Waals surface area contributed by atoms with E-state index < -0.39 is 5.66 Å². The minimum Gasteiger partial charge on any atom is -0.436 e. The molecule has 0 atom stereocenters. The van der Waals surface area contributed by atoms with Crippen LogP contribution in [0, 0.1) is 6.92 Å². The number of aromatic nitrogens is 1. The van der Waals surface area contributed by atoms with Crippen molar-refractivity contribution in [1.29, 1.82) is 0 Å². The summed E-state index contributed by atoms with van der Waals surface area (Å²) in [4.78, 5) is 15.7. The van der Waals surface area contributed by atoms with E-state index in [0.29, 0.717) is 11.9 Å². The van der Waals surface area contributed by atoms with Gasteiger partial charge in [0.25, 0.3) is 0 Å². The quantitative estimate of drug-likeness (QED) is 0.692. The third-order valence-corrected chi connectivity index (χ3v) is 5.83. The third-order valence-electron chi connectivity index (χ3n) is 5.83. The molecule has 2 aromatic carbocycles. The van der Waals surface area contributed by atoms with Crippen LogP contribution in [0.3, 0.4) is 0 Å². The van der Waals surface area contributed by atoms with Gasteiger partial charge in [0.05, 0.1) is 0 Å². The van der Waals surface area contributed by atoms with Crippen LogP contribution in [0.5, 0.6) is 0 Å². The van der Waals surface area contributed by atoms with E-state index in [2.05, 4.69) is 33.9 Å². The molecule has 1 saturated carbocycles. The molecule has 1 aliphatic carbocycles. The summed E-state index contributed by atoms with van der Waals surface area (Å²) in [5.41, 5.74) is 16.5. The van der Waals surface area contributed by atoms with E-state index >= 15 is 0 Å². The first-order valence-corrected chi connectivity index (χ1v) is 10.0. The van der Waals surface area contributed by atoms with Crippen LogP contribution in [-0.2, 0) is 0 Å². The number of nitrogens with two attached hydrogens (primary N) is 2. The number of nitrogens with zero attached hydrogens (tertiary/aromatic N) is 4. The van der Waals surface area contributed by atoms with Gasteiger partial charge in [-0.15, -0.1) is 0 Å². The summed E-state index contributed by atoms with van der Waals surface area (Å²) in [6.07, 6.45) is 5.23. The number of rotatable bonds is 2. The second-order valence-electron chi connectivity index (χ2n) is 7.81. The van der Waals surface area contributed by atoms with Crippen LogP contribution >= 0.6 is 0 Å². The minimum absolute atomic E-state index is 0.265. The molecule has 29 heavy (non-hydrogen) atoms. The number of guanidine groups is 2. The van der Waals surface area contributed by atoms with Crippen molar-refractivity contribution in [3.05, 3.63) is 48.0 Å². The van der Waals surface area contributed by atoms with Crippen LogP contribution in [-0.4, -0.2) is 22.6 Å².